The van der Waals surface area contributed by atoms with Crippen LogP contribution in [-0.4, -0.2) is 40.5 Å². The lowest BCUT2D eigenvalue weighted by Crippen LogP contribution is -2.51. The van der Waals surface area contributed by atoms with Gasteiger partial charge in [-0.3, -0.25) is 0 Å². The summed E-state index contributed by atoms with van der Waals surface area (Å²) in [6.07, 6.45) is 0. The molecule has 0 radical (unpaired) electrons. The second-order valence-electron chi connectivity index (χ2n) is 3.91. The van der Waals surface area contributed by atoms with E-state index in [2.05, 4.69) is 10.6 Å². The molecule has 1 heterocycles. The third-order valence-corrected chi connectivity index (χ3v) is 2.82. The average Bonchev–Trinajstić information content (AvgIpc) is 2.32. The van der Waals surface area contributed by atoms with E-state index in [1.807, 2.05) is 12.1 Å². The van der Waals surface area contributed by atoms with Crippen LogP contribution in [0.3, 0.4) is 0 Å². The van der Waals surface area contributed by atoms with Crippen molar-refractivity contribution in [2.24, 2.45) is 0 Å². The molecule has 5 heteroatoms. The molecule has 1 aromatic rings. The third-order valence-electron chi connectivity index (χ3n) is 2.82. The van der Waals surface area contributed by atoms with E-state index in [4.69, 9.17) is 14.2 Å². The van der Waals surface area contributed by atoms with E-state index in [1.165, 1.54) is 0 Å². The Morgan fingerprint density at radius 1 is 1.06 bits per heavy atom. The Balaban J connectivity index is 2.26. The molecule has 2 rings (SSSR count). The van der Waals surface area contributed by atoms with Crippen LogP contribution in [0.25, 0.3) is 0 Å². The van der Waals surface area contributed by atoms with Gasteiger partial charge in [0, 0.05) is 30.9 Å². The maximum absolute atomic E-state index is 5.29. The molecule has 1 aliphatic rings. The molecule has 1 saturated heterocycles. The number of hydrogen-bond acceptors (Lipinski definition) is 5. The Bertz CT molecular complexity index is 366. The molecule has 94 valence electrons. The predicted octanol–water partition coefficient (Wildman–Crippen LogP) is 1.10. The van der Waals surface area contributed by atoms with Crippen molar-refractivity contribution in [2.45, 2.75) is 6.04 Å². The van der Waals surface area contributed by atoms with Gasteiger partial charge in [0.1, 0.15) is 0 Å². The molecule has 5 nitrogen and oxygen atoms in total. The molecule has 0 unspecified atom stereocenters. The molecule has 1 aliphatic heterocycles. The summed E-state index contributed by atoms with van der Waals surface area (Å²) < 4.78 is 15.9. The second kappa shape index (κ2) is 5.14. The normalized spacial score (nSPS) is 15.0. The molecule has 0 spiro atoms. The van der Waals surface area contributed by atoms with Crippen LogP contribution in [0.2, 0.25) is 0 Å². The summed E-state index contributed by atoms with van der Waals surface area (Å²) in [7, 11) is 4.83. The largest absolute Gasteiger partial charge is 0.493 e. The standard InChI is InChI=1S/C12H18N2O3/c1-15-10-4-8(14-9-6-13-7-9)5-11(16-2)12(10)17-3/h4-5,9,13-14H,6-7H2,1-3H3. The van der Waals surface area contributed by atoms with Gasteiger partial charge in [0.15, 0.2) is 11.5 Å². The first kappa shape index (κ1) is 11.9. The summed E-state index contributed by atoms with van der Waals surface area (Å²) in [5.41, 5.74) is 0.978. The first-order valence-corrected chi connectivity index (χ1v) is 5.55. The Morgan fingerprint density at radius 2 is 1.65 bits per heavy atom. The fourth-order valence-electron chi connectivity index (χ4n) is 1.79. The zero-order chi connectivity index (χ0) is 12.3. The highest BCUT2D eigenvalue weighted by atomic mass is 16.5. The lowest BCUT2D eigenvalue weighted by molar-refractivity contribution is 0.324. The Labute approximate surface area is 101 Å². The highest BCUT2D eigenvalue weighted by Crippen LogP contribution is 2.40. The molecule has 0 atom stereocenters. The van der Waals surface area contributed by atoms with Gasteiger partial charge in [0.25, 0.3) is 0 Å². The Morgan fingerprint density at radius 3 is 2.00 bits per heavy atom. The lowest BCUT2D eigenvalue weighted by Gasteiger charge is -2.29. The molecule has 0 amide bonds. The summed E-state index contributed by atoms with van der Waals surface area (Å²) in [6, 6.07) is 4.30. The summed E-state index contributed by atoms with van der Waals surface area (Å²) in [5.74, 6) is 1.95. The van der Waals surface area contributed by atoms with Gasteiger partial charge in [-0.25, -0.2) is 0 Å². The minimum absolute atomic E-state index is 0.470. The van der Waals surface area contributed by atoms with Crippen LogP contribution in [0.5, 0.6) is 17.2 Å². The fraction of sp³-hybridized carbons (Fsp3) is 0.500. The van der Waals surface area contributed by atoms with Crippen LogP contribution in [-0.2, 0) is 0 Å². The molecule has 1 aromatic carbocycles. The summed E-state index contributed by atoms with van der Waals surface area (Å²) in [5, 5.41) is 6.61. The first-order chi connectivity index (χ1) is 8.28. The summed E-state index contributed by atoms with van der Waals surface area (Å²) in [6.45, 7) is 1.97. The molecule has 0 aromatic heterocycles. The molecule has 1 fully saturated rings. The topological polar surface area (TPSA) is 51.8 Å². The third kappa shape index (κ3) is 2.39. The monoisotopic (exact) mass is 238 g/mol. The number of hydrogen-bond donors (Lipinski definition) is 2. The van der Waals surface area contributed by atoms with Crippen LogP contribution in [0.15, 0.2) is 12.1 Å². The van der Waals surface area contributed by atoms with Crippen molar-refractivity contribution in [3.8, 4) is 17.2 Å². The number of rotatable bonds is 5. The minimum atomic E-state index is 0.470. The van der Waals surface area contributed by atoms with Crippen molar-refractivity contribution in [2.75, 3.05) is 39.7 Å². The quantitative estimate of drug-likeness (QED) is 0.804. The predicted molar refractivity (Wildman–Crippen MR) is 66.4 cm³/mol. The van der Waals surface area contributed by atoms with Crippen LogP contribution >= 0.6 is 0 Å². The fourth-order valence-corrected chi connectivity index (χ4v) is 1.79. The second-order valence-corrected chi connectivity index (χ2v) is 3.91. The van der Waals surface area contributed by atoms with Gasteiger partial charge < -0.3 is 24.8 Å². The highest BCUT2D eigenvalue weighted by Gasteiger charge is 2.18. The van der Waals surface area contributed by atoms with E-state index in [0.29, 0.717) is 23.3 Å². The van der Waals surface area contributed by atoms with Gasteiger partial charge in [-0.1, -0.05) is 0 Å². The smallest absolute Gasteiger partial charge is 0.203 e. The minimum Gasteiger partial charge on any atom is -0.493 e. The SMILES string of the molecule is COc1cc(NC2CNC2)cc(OC)c1OC. The van der Waals surface area contributed by atoms with Crippen molar-refractivity contribution < 1.29 is 14.2 Å². The first-order valence-electron chi connectivity index (χ1n) is 5.55. The highest BCUT2D eigenvalue weighted by molar-refractivity contribution is 5.63. The zero-order valence-corrected chi connectivity index (χ0v) is 10.4. The average molecular weight is 238 g/mol. The van der Waals surface area contributed by atoms with Crippen molar-refractivity contribution in [1.29, 1.82) is 0 Å². The molecule has 17 heavy (non-hydrogen) atoms. The van der Waals surface area contributed by atoms with Gasteiger partial charge in [-0.15, -0.1) is 0 Å². The van der Waals surface area contributed by atoms with Gasteiger partial charge in [-0.2, -0.15) is 0 Å². The zero-order valence-electron chi connectivity index (χ0n) is 10.4. The van der Waals surface area contributed by atoms with Gasteiger partial charge in [0.05, 0.1) is 27.4 Å². The van der Waals surface area contributed by atoms with Crippen LogP contribution in [0.1, 0.15) is 0 Å². The molecule has 0 aliphatic carbocycles. The lowest BCUT2D eigenvalue weighted by atomic mass is 10.1. The summed E-state index contributed by atoms with van der Waals surface area (Å²) >= 11 is 0. The van der Waals surface area contributed by atoms with Crippen molar-refractivity contribution in [1.82, 2.24) is 5.32 Å². The van der Waals surface area contributed by atoms with Crippen LogP contribution in [0, 0.1) is 0 Å². The summed E-state index contributed by atoms with van der Waals surface area (Å²) in [4.78, 5) is 0. The van der Waals surface area contributed by atoms with Crippen molar-refractivity contribution >= 4 is 5.69 Å². The van der Waals surface area contributed by atoms with E-state index in [0.717, 1.165) is 18.8 Å². The maximum atomic E-state index is 5.29. The van der Waals surface area contributed by atoms with Crippen LogP contribution < -0.4 is 24.8 Å². The van der Waals surface area contributed by atoms with E-state index < -0.39 is 0 Å². The maximum Gasteiger partial charge on any atom is 0.203 e. The van der Waals surface area contributed by atoms with Crippen molar-refractivity contribution in [3.05, 3.63) is 12.1 Å². The molecule has 2 N–H and O–H groups in total. The van der Waals surface area contributed by atoms with Crippen LogP contribution in [0.4, 0.5) is 5.69 Å². The van der Waals surface area contributed by atoms with Gasteiger partial charge in [-0.05, 0) is 0 Å². The molecule has 0 saturated carbocycles. The Hall–Kier alpha value is -1.62. The van der Waals surface area contributed by atoms with E-state index in [9.17, 15) is 0 Å². The number of ether oxygens (including phenoxy) is 3. The van der Waals surface area contributed by atoms with Gasteiger partial charge in [0.2, 0.25) is 5.75 Å². The molecular weight excluding hydrogens is 220 g/mol. The number of methoxy groups -OCH3 is 3. The number of benzene rings is 1. The number of nitrogens with one attached hydrogen (secondary N) is 2. The van der Waals surface area contributed by atoms with E-state index >= 15 is 0 Å². The van der Waals surface area contributed by atoms with E-state index in [-0.39, 0.29) is 0 Å². The molecular formula is C12H18N2O3. The molecule has 0 bridgehead atoms. The van der Waals surface area contributed by atoms with Crippen molar-refractivity contribution in [3.63, 3.8) is 0 Å². The Kier molecular flexibility index (Phi) is 3.58. The number of anilines is 1. The van der Waals surface area contributed by atoms with Gasteiger partial charge >= 0.3 is 0 Å². The van der Waals surface area contributed by atoms with E-state index in [1.54, 1.807) is 21.3 Å².